The minimum atomic E-state index is 0.527. The number of anilines is 3. The lowest BCUT2D eigenvalue weighted by Crippen LogP contribution is -2.03. The molecule has 2 aromatic heterocycles. The van der Waals surface area contributed by atoms with Gasteiger partial charge in [-0.25, -0.2) is 0 Å². The van der Waals surface area contributed by atoms with Crippen molar-refractivity contribution in [3.63, 3.8) is 0 Å². The highest BCUT2D eigenvalue weighted by Gasteiger charge is 2.01. The number of nitrogens with zero attached hydrogens (tertiary/aromatic N) is 3. The summed E-state index contributed by atoms with van der Waals surface area (Å²) >= 11 is 1.32. The molecule has 0 radical (unpaired) electrons. The fraction of sp³-hybridized carbons (Fsp3) is 0.333. The maximum absolute atomic E-state index is 5.53. The summed E-state index contributed by atoms with van der Waals surface area (Å²) in [6.45, 7) is 1.39. The fourth-order valence-corrected chi connectivity index (χ4v) is 1.82. The molecular formula is C9H13N5OS. The quantitative estimate of drug-likeness (QED) is 0.822. The number of hydrogen-bond donors (Lipinski definition) is 2. The second kappa shape index (κ2) is 4.95. The van der Waals surface area contributed by atoms with Gasteiger partial charge in [-0.2, -0.15) is 9.47 Å². The van der Waals surface area contributed by atoms with Crippen molar-refractivity contribution in [3.8, 4) is 0 Å². The smallest absolute Gasteiger partial charge is 0.139 e. The van der Waals surface area contributed by atoms with E-state index in [9.17, 15) is 0 Å². The van der Waals surface area contributed by atoms with E-state index in [0.717, 1.165) is 17.2 Å². The minimum absolute atomic E-state index is 0.527. The van der Waals surface area contributed by atoms with Crippen LogP contribution < -0.4 is 11.1 Å². The summed E-state index contributed by atoms with van der Waals surface area (Å²) in [6, 6.07) is 1.79. The summed E-state index contributed by atoms with van der Waals surface area (Å²) in [5.74, 6) is 0.527. The van der Waals surface area contributed by atoms with Gasteiger partial charge < -0.3 is 15.8 Å². The lowest BCUT2D eigenvalue weighted by atomic mass is 10.5. The monoisotopic (exact) mass is 239 g/mol. The Morgan fingerprint density at radius 1 is 1.62 bits per heavy atom. The Hall–Kier alpha value is -1.60. The number of nitrogen functional groups attached to an aromatic ring is 1. The molecule has 0 aliphatic heterocycles. The van der Waals surface area contributed by atoms with Crippen LogP contribution in [-0.2, 0) is 11.3 Å². The third-order valence-corrected chi connectivity index (χ3v) is 2.67. The van der Waals surface area contributed by atoms with E-state index in [1.165, 1.54) is 11.5 Å². The van der Waals surface area contributed by atoms with E-state index < -0.39 is 0 Å². The predicted molar refractivity (Wildman–Crippen MR) is 63.9 cm³/mol. The van der Waals surface area contributed by atoms with Gasteiger partial charge in [-0.1, -0.05) is 0 Å². The molecule has 0 fully saturated rings. The van der Waals surface area contributed by atoms with E-state index in [2.05, 4.69) is 14.8 Å². The number of ether oxygens (including phenoxy) is 1. The van der Waals surface area contributed by atoms with Crippen LogP contribution in [0, 0.1) is 0 Å². The first-order chi connectivity index (χ1) is 7.78. The van der Waals surface area contributed by atoms with E-state index in [4.69, 9.17) is 10.5 Å². The molecule has 86 valence electrons. The molecule has 0 atom stereocenters. The van der Waals surface area contributed by atoms with E-state index in [0.29, 0.717) is 12.4 Å². The number of aromatic nitrogens is 3. The van der Waals surface area contributed by atoms with Crippen LogP contribution in [0.25, 0.3) is 0 Å². The molecule has 0 saturated heterocycles. The van der Waals surface area contributed by atoms with Crippen LogP contribution in [0.4, 0.5) is 16.5 Å². The van der Waals surface area contributed by atoms with Crippen molar-refractivity contribution in [1.29, 1.82) is 0 Å². The molecule has 0 aromatic carbocycles. The molecule has 0 unspecified atom stereocenters. The van der Waals surface area contributed by atoms with Crippen molar-refractivity contribution in [3.05, 3.63) is 18.5 Å². The molecule has 0 aliphatic rings. The molecule has 6 nitrogen and oxygen atoms in total. The molecule has 2 aromatic rings. The number of nitrogens with two attached hydrogens (primary N) is 1. The average Bonchev–Trinajstić information content (AvgIpc) is 2.86. The van der Waals surface area contributed by atoms with E-state index >= 15 is 0 Å². The molecular weight excluding hydrogens is 226 g/mol. The lowest BCUT2D eigenvalue weighted by molar-refractivity contribution is 0.183. The third kappa shape index (κ3) is 2.71. The molecule has 0 bridgehead atoms. The number of rotatable bonds is 5. The van der Waals surface area contributed by atoms with Gasteiger partial charge in [0.05, 0.1) is 25.0 Å². The molecule has 0 saturated carbocycles. The van der Waals surface area contributed by atoms with Crippen LogP contribution in [0.2, 0.25) is 0 Å². The molecule has 2 rings (SSSR count). The molecule has 3 N–H and O–H groups in total. The van der Waals surface area contributed by atoms with Gasteiger partial charge in [-0.05, 0) is 11.5 Å². The van der Waals surface area contributed by atoms with Gasteiger partial charge in [0, 0.05) is 19.4 Å². The molecule has 2 heterocycles. The van der Waals surface area contributed by atoms with Crippen molar-refractivity contribution < 1.29 is 4.74 Å². The normalized spacial score (nSPS) is 10.6. The molecule has 0 spiro atoms. The summed E-state index contributed by atoms with van der Waals surface area (Å²) in [5.41, 5.74) is 6.44. The molecule has 0 aliphatic carbocycles. The van der Waals surface area contributed by atoms with Gasteiger partial charge >= 0.3 is 0 Å². The van der Waals surface area contributed by atoms with Gasteiger partial charge in [0.2, 0.25) is 0 Å². The van der Waals surface area contributed by atoms with Crippen LogP contribution in [0.15, 0.2) is 18.5 Å². The van der Waals surface area contributed by atoms with Crippen molar-refractivity contribution >= 4 is 28.0 Å². The molecule has 0 amide bonds. The number of nitrogens with one attached hydrogen (secondary N) is 1. The van der Waals surface area contributed by atoms with E-state index in [-0.39, 0.29) is 0 Å². The van der Waals surface area contributed by atoms with Crippen LogP contribution in [0.1, 0.15) is 0 Å². The first kappa shape index (κ1) is 10.9. The minimum Gasteiger partial charge on any atom is -0.383 e. The highest BCUT2D eigenvalue weighted by molar-refractivity contribution is 7.10. The van der Waals surface area contributed by atoms with Crippen molar-refractivity contribution in [1.82, 2.24) is 14.2 Å². The second-order valence-corrected chi connectivity index (χ2v) is 4.03. The molecule has 16 heavy (non-hydrogen) atoms. The zero-order valence-electron chi connectivity index (χ0n) is 8.88. The maximum atomic E-state index is 5.53. The van der Waals surface area contributed by atoms with Crippen molar-refractivity contribution in [2.45, 2.75) is 6.54 Å². The lowest BCUT2D eigenvalue weighted by Gasteiger charge is -1.99. The third-order valence-electron chi connectivity index (χ3n) is 1.95. The van der Waals surface area contributed by atoms with Crippen molar-refractivity contribution in [2.24, 2.45) is 0 Å². The second-order valence-electron chi connectivity index (χ2n) is 3.23. The van der Waals surface area contributed by atoms with Crippen LogP contribution in [-0.4, -0.2) is 27.9 Å². The largest absolute Gasteiger partial charge is 0.383 e. The Morgan fingerprint density at radius 2 is 2.50 bits per heavy atom. The first-order valence-electron chi connectivity index (χ1n) is 4.78. The standard InChI is InChI=1S/C9H13N5OS/c1-15-3-2-14-6-7(5-11-14)12-9-4-8(10)13-16-9/h4-6,12H,2-3H2,1H3,(H2,10,13). The van der Waals surface area contributed by atoms with Crippen LogP contribution in [0.3, 0.4) is 0 Å². The SMILES string of the molecule is COCCn1cc(Nc2cc(N)ns2)cn1. The summed E-state index contributed by atoms with van der Waals surface area (Å²) in [6.07, 6.45) is 3.67. The van der Waals surface area contributed by atoms with Gasteiger partial charge in [0.25, 0.3) is 0 Å². The van der Waals surface area contributed by atoms with Gasteiger partial charge in [-0.3, -0.25) is 4.68 Å². The highest BCUT2D eigenvalue weighted by atomic mass is 32.1. The summed E-state index contributed by atoms with van der Waals surface area (Å²) in [4.78, 5) is 0. The summed E-state index contributed by atoms with van der Waals surface area (Å²) in [5, 5.41) is 8.26. The van der Waals surface area contributed by atoms with Crippen molar-refractivity contribution in [2.75, 3.05) is 24.8 Å². The highest BCUT2D eigenvalue weighted by Crippen LogP contribution is 2.22. The Kier molecular flexibility index (Phi) is 3.37. The number of hydrogen-bond acceptors (Lipinski definition) is 6. The van der Waals surface area contributed by atoms with Crippen LogP contribution >= 0.6 is 11.5 Å². The Labute approximate surface area is 97.2 Å². The predicted octanol–water partition coefficient (Wildman–Crippen LogP) is 1.31. The van der Waals surface area contributed by atoms with E-state index in [1.807, 2.05) is 10.9 Å². The summed E-state index contributed by atoms with van der Waals surface area (Å²) < 4.78 is 10.8. The van der Waals surface area contributed by atoms with Crippen LogP contribution in [0.5, 0.6) is 0 Å². The van der Waals surface area contributed by atoms with E-state index in [1.54, 1.807) is 19.4 Å². The Bertz CT molecular complexity index is 452. The van der Waals surface area contributed by atoms with Gasteiger partial charge in [0.15, 0.2) is 0 Å². The zero-order valence-corrected chi connectivity index (χ0v) is 9.70. The fourth-order valence-electron chi connectivity index (χ4n) is 1.23. The zero-order chi connectivity index (χ0) is 11.4. The molecule has 7 heteroatoms. The first-order valence-corrected chi connectivity index (χ1v) is 5.56. The summed E-state index contributed by atoms with van der Waals surface area (Å²) in [7, 11) is 1.67. The Morgan fingerprint density at radius 3 is 3.19 bits per heavy atom. The number of methoxy groups -OCH3 is 1. The average molecular weight is 239 g/mol. The van der Waals surface area contributed by atoms with Gasteiger partial charge in [0.1, 0.15) is 10.8 Å². The topological polar surface area (TPSA) is 78.0 Å². The van der Waals surface area contributed by atoms with Gasteiger partial charge in [-0.15, -0.1) is 0 Å². The Balaban J connectivity index is 1.97. The maximum Gasteiger partial charge on any atom is 0.139 e.